The first-order chi connectivity index (χ1) is 8.99. The van der Waals surface area contributed by atoms with Gasteiger partial charge in [0.05, 0.1) is 17.8 Å². The van der Waals surface area contributed by atoms with Crippen molar-refractivity contribution in [1.29, 1.82) is 0 Å². The van der Waals surface area contributed by atoms with E-state index in [0.717, 1.165) is 11.9 Å². The molecule has 1 aromatic carbocycles. The normalized spacial score (nSPS) is 10.5. The van der Waals surface area contributed by atoms with Gasteiger partial charge in [0.15, 0.2) is 0 Å². The van der Waals surface area contributed by atoms with Gasteiger partial charge in [-0.15, -0.1) is 0 Å². The van der Waals surface area contributed by atoms with E-state index in [2.05, 4.69) is 4.98 Å². The quantitative estimate of drug-likeness (QED) is 0.915. The summed E-state index contributed by atoms with van der Waals surface area (Å²) in [7, 11) is 3.59. The first-order valence-electron chi connectivity index (χ1n) is 5.69. The third-order valence-corrected chi connectivity index (χ3v) is 2.91. The molecule has 0 bridgehead atoms. The average Bonchev–Trinajstić information content (AvgIpc) is 2.74. The second kappa shape index (κ2) is 5.09. The summed E-state index contributed by atoms with van der Waals surface area (Å²) in [6, 6.07) is 3.87. The zero-order chi connectivity index (χ0) is 14.0. The number of aryl methyl sites for hydroxylation is 1. The minimum Gasteiger partial charge on any atom is -0.478 e. The van der Waals surface area contributed by atoms with E-state index in [9.17, 15) is 9.18 Å². The summed E-state index contributed by atoms with van der Waals surface area (Å²) < 4.78 is 15.7. The molecule has 0 spiro atoms. The largest absolute Gasteiger partial charge is 0.478 e. The molecule has 1 N–H and O–H groups in total. The van der Waals surface area contributed by atoms with E-state index in [-0.39, 0.29) is 5.56 Å². The van der Waals surface area contributed by atoms with Crippen LogP contribution in [0.5, 0.6) is 0 Å². The maximum Gasteiger partial charge on any atom is 0.335 e. The topological polar surface area (TPSA) is 58.4 Å². The second-order valence-corrected chi connectivity index (χ2v) is 4.28. The Kier molecular flexibility index (Phi) is 3.50. The molecule has 0 aliphatic heterocycles. The second-order valence-electron chi connectivity index (χ2n) is 4.28. The van der Waals surface area contributed by atoms with E-state index in [1.807, 2.05) is 17.8 Å². The number of imidazole rings is 1. The van der Waals surface area contributed by atoms with Crippen molar-refractivity contribution in [2.75, 3.05) is 11.9 Å². The first-order valence-corrected chi connectivity index (χ1v) is 5.69. The summed E-state index contributed by atoms with van der Waals surface area (Å²) in [5.41, 5.74) is 0.277. The number of aromatic nitrogens is 2. The Bertz CT molecular complexity index is 610. The first kappa shape index (κ1) is 13.1. The van der Waals surface area contributed by atoms with Crippen LogP contribution in [-0.4, -0.2) is 27.7 Å². The molecule has 6 heteroatoms. The fourth-order valence-electron chi connectivity index (χ4n) is 1.80. The lowest BCUT2D eigenvalue weighted by atomic mass is 10.2. The molecular formula is C13H14FN3O2. The highest BCUT2D eigenvalue weighted by Gasteiger charge is 2.13. The highest BCUT2D eigenvalue weighted by atomic mass is 19.1. The molecule has 0 atom stereocenters. The van der Waals surface area contributed by atoms with Gasteiger partial charge in [-0.3, -0.25) is 0 Å². The Morgan fingerprint density at radius 3 is 2.79 bits per heavy atom. The van der Waals surface area contributed by atoms with Crippen LogP contribution in [0.15, 0.2) is 30.6 Å². The van der Waals surface area contributed by atoms with Gasteiger partial charge in [-0.2, -0.15) is 0 Å². The molecule has 0 unspecified atom stereocenters. The van der Waals surface area contributed by atoms with E-state index in [4.69, 9.17) is 5.11 Å². The van der Waals surface area contributed by atoms with Crippen LogP contribution in [0.3, 0.4) is 0 Å². The molecule has 0 saturated heterocycles. The Balaban J connectivity index is 2.22. The number of carbonyl (C=O) groups is 1. The maximum atomic E-state index is 13.9. The molecule has 5 nitrogen and oxygen atoms in total. The smallest absolute Gasteiger partial charge is 0.335 e. The number of aromatic carboxylic acids is 1. The Hall–Kier alpha value is -2.37. The van der Waals surface area contributed by atoms with Crippen LogP contribution in [0.4, 0.5) is 10.1 Å². The summed E-state index contributed by atoms with van der Waals surface area (Å²) in [5, 5.41) is 8.79. The fraction of sp³-hybridized carbons (Fsp3) is 0.231. The standard InChI is InChI=1S/C13H14FN3O2/c1-16-6-5-15-12(16)8-17(2)11-4-3-9(13(18)19)7-10(11)14/h3-7H,8H2,1-2H3,(H,18,19). The molecule has 2 aromatic rings. The summed E-state index contributed by atoms with van der Waals surface area (Å²) >= 11 is 0. The molecule has 19 heavy (non-hydrogen) atoms. The molecule has 0 fully saturated rings. The zero-order valence-electron chi connectivity index (χ0n) is 10.7. The van der Waals surface area contributed by atoms with Crippen LogP contribution >= 0.6 is 0 Å². The number of hydrogen-bond acceptors (Lipinski definition) is 3. The molecule has 0 radical (unpaired) electrons. The Labute approximate surface area is 109 Å². The van der Waals surface area contributed by atoms with Gasteiger partial charge in [0, 0.05) is 26.5 Å². The summed E-state index contributed by atoms with van der Waals surface area (Å²) in [6.07, 6.45) is 3.49. The van der Waals surface area contributed by atoms with Crippen molar-refractivity contribution in [3.63, 3.8) is 0 Å². The van der Waals surface area contributed by atoms with Gasteiger partial charge in [-0.05, 0) is 18.2 Å². The highest BCUT2D eigenvalue weighted by Crippen LogP contribution is 2.20. The monoisotopic (exact) mass is 263 g/mol. The van der Waals surface area contributed by atoms with Gasteiger partial charge in [0.1, 0.15) is 11.6 Å². The van der Waals surface area contributed by atoms with Crippen LogP contribution in [0.25, 0.3) is 0 Å². The number of hydrogen-bond donors (Lipinski definition) is 1. The molecule has 2 rings (SSSR count). The third kappa shape index (κ3) is 2.73. The minimum atomic E-state index is -1.14. The van der Waals surface area contributed by atoms with Crippen LogP contribution in [-0.2, 0) is 13.6 Å². The van der Waals surface area contributed by atoms with Gasteiger partial charge < -0.3 is 14.6 Å². The average molecular weight is 263 g/mol. The van der Waals surface area contributed by atoms with Crippen molar-refractivity contribution < 1.29 is 14.3 Å². The van der Waals surface area contributed by atoms with Crippen molar-refractivity contribution in [2.45, 2.75) is 6.54 Å². The molecule has 100 valence electrons. The van der Waals surface area contributed by atoms with Crippen molar-refractivity contribution in [3.8, 4) is 0 Å². The van der Waals surface area contributed by atoms with Gasteiger partial charge in [-0.1, -0.05) is 0 Å². The van der Waals surface area contributed by atoms with Gasteiger partial charge in [0.25, 0.3) is 0 Å². The van der Waals surface area contributed by atoms with Gasteiger partial charge >= 0.3 is 5.97 Å². The van der Waals surface area contributed by atoms with Crippen LogP contribution in [0.1, 0.15) is 16.2 Å². The molecule has 1 aromatic heterocycles. The maximum absolute atomic E-state index is 13.9. The molecule has 0 amide bonds. The lowest BCUT2D eigenvalue weighted by molar-refractivity contribution is 0.0696. The van der Waals surface area contributed by atoms with E-state index in [1.165, 1.54) is 12.1 Å². The summed E-state index contributed by atoms with van der Waals surface area (Å²) in [6.45, 7) is 0.437. The van der Waals surface area contributed by atoms with Crippen LogP contribution < -0.4 is 4.90 Å². The number of carboxylic acid groups (broad SMARTS) is 1. The number of anilines is 1. The van der Waals surface area contributed by atoms with Gasteiger partial charge in [-0.25, -0.2) is 14.2 Å². The third-order valence-electron chi connectivity index (χ3n) is 2.91. The van der Waals surface area contributed by atoms with Crippen molar-refractivity contribution in [1.82, 2.24) is 9.55 Å². The number of benzene rings is 1. The van der Waals surface area contributed by atoms with E-state index in [0.29, 0.717) is 12.2 Å². The van der Waals surface area contributed by atoms with Crippen LogP contribution in [0.2, 0.25) is 0 Å². The van der Waals surface area contributed by atoms with E-state index >= 15 is 0 Å². The number of halogens is 1. The highest BCUT2D eigenvalue weighted by molar-refractivity contribution is 5.88. The van der Waals surface area contributed by atoms with Crippen LogP contribution in [0, 0.1) is 5.82 Å². The summed E-state index contributed by atoms with van der Waals surface area (Å²) in [5.74, 6) is -0.905. The summed E-state index contributed by atoms with van der Waals surface area (Å²) in [4.78, 5) is 16.6. The molecule has 0 aliphatic carbocycles. The number of nitrogens with zero attached hydrogens (tertiary/aromatic N) is 3. The zero-order valence-corrected chi connectivity index (χ0v) is 10.7. The SMILES string of the molecule is CN(Cc1nccn1C)c1ccc(C(=O)O)cc1F. The number of rotatable bonds is 4. The van der Waals surface area contributed by atoms with E-state index in [1.54, 1.807) is 18.1 Å². The van der Waals surface area contributed by atoms with Crippen molar-refractivity contribution in [2.24, 2.45) is 7.05 Å². The lowest BCUT2D eigenvalue weighted by Crippen LogP contribution is -2.20. The molecule has 0 aliphatic rings. The predicted molar refractivity (Wildman–Crippen MR) is 68.7 cm³/mol. The lowest BCUT2D eigenvalue weighted by Gasteiger charge is -2.19. The molecule has 1 heterocycles. The van der Waals surface area contributed by atoms with Gasteiger partial charge in [0.2, 0.25) is 0 Å². The molecule has 0 saturated carbocycles. The van der Waals surface area contributed by atoms with Crippen molar-refractivity contribution >= 4 is 11.7 Å². The predicted octanol–water partition coefficient (Wildman–Crippen LogP) is 1.89. The van der Waals surface area contributed by atoms with Crippen molar-refractivity contribution in [3.05, 3.63) is 47.8 Å². The Morgan fingerprint density at radius 2 is 2.26 bits per heavy atom. The van der Waals surface area contributed by atoms with E-state index < -0.39 is 11.8 Å². The number of carboxylic acids is 1. The Morgan fingerprint density at radius 1 is 1.53 bits per heavy atom. The minimum absolute atomic E-state index is 0.0633. The fourth-order valence-corrected chi connectivity index (χ4v) is 1.80. The molecular weight excluding hydrogens is 249 g/mol.